The van der Waals surface area contributed by atoms with E-state index in [1.807, 2.05) is 0 Å². The van der Waals surface area contributed by atoms with Gasteiger partial charge in [0.25, 0.3) is 0 Å². The number of hydrogen-bond donors (Lipinski definition) is 0. The zero-order chi connectivity index (χ0) is 76.1. The molecule has 0 saturated heterocycles. The highest BCUT2D eigenvalue weighted by atomic mass is 16.6. The van der Waals surface area contributed by atoms with Crippen molar-refractivity contribution in [2.24, 2.45) is 0 Å². The second-order valence-electron chi connectivity index (χ2n) is 31.0. The van der Waals surface area contributed by atoms with Gasteiger partial charge in [-0.3, -0.25) is 24.0 Å². The van der Waals surface area contributed by atoms with Crippen LogP contribution in [0.3, 0.4) is 0 Å². The van der Waals surface area contributed by atoms with E-state index < -0.39 is 61.4 Å². The summed E-state index contributed by atoms with van der Waals surface area (Å²) in [6.45, 7) is 10.5. The Balaban J connectivity index is 6.53. The van der Waals surface area contributed by atoms with E-state index in [1.54, 1.807) is 0 Å². The van der Waals surface area contributed by atoms with Crippen molar-refractivity contribution in [3.05, 3.63) is 60.8 Å². The lowest BCUT2D eigenvalue weighted by atomic mass is 10.1. The fourth-order valence-electron chi connectivity index (χ4n) is 13.6. The van der Waals surface area contributed by atoms with Crippen molar-refractivity contribution in [3.63, 3.8) is 0 Å². The fourth-order valence-corrected chi connectivity index (χ4v) is 13.6. The van der Waals surface area contributed by atoms with Crippen LogP contribution in [-0.4, -0.2) is 61.4 Å². The molecule has 0 aliphatic heterocycles. The smallest absolute Gasteiger partial charge is 0.306 e. The minimum atomic E-state index is -1.41. The van der Waals surface area contributed by atoms with Crippen LogP contribution in [0.2, 0.25) is 0 Å². The van der Waals surface area contributed by atoms with Crippen LogP contribution in [0.15, 0.2) is 60.8 Å². The molecule has 1 unspecified atom stereocenters. The molecule has 105 heavy (non-hydrogen) atoms. The minimum absolute atomic E-state index is 0.102. The Bertz CT molecular complexity index is 1910. The van der Waals surface area contributed by atoms with E-state index in [0.717, 1.165) is 193 Å². The molecule has 0 bridgehead atoms. The molecule has 0 saturated carbocycles. The Morgan fingerprint density at radius 2 is 0.343 bits per heavy atom. The first kappa shape index (κ1) is 101. The number of esters is 5. The molecule has 0 aliphatic rings. The minimum Gasteiger partial charge on any atom is -0.462 e. The third-order valence-corrected chi connectivity index (χ3v) is 20.6. The summed E-state index contributed by atoms with van der Waals surface area (Å²) in [6, 6.07) is 0. The quantitative estimate of drug-likeness (QED) is 0.0251. The number of hydrogen-bond acceptors (Lipinski definition) is 10. The van der Waals surface area contributed by atoms with Gasteiger partial charge in [0, 0.05) is 32.1 Å². The van der Waals surface area contributed by atoms with Gasteiger partial charge >= 0.3 is 29.8 Å². The summed E-state index contributed by atoms with van der Waals surface area (Å²) in [5.74, 6) is -2.43. The van der Waals surface area contributed by atoms with E-state index in [0.29, 0.717) is 32.1 Å². The first-order valence-corrected chi connectivity index (χ1v) is 45.9. The fraction of sp³-hybridized carbons (Fsp3) is 0.842. The summed E-state index contributed by atoms with van der Waals surface area (Å²) in [6.07, 6.45) is 93.7. The maximum absolute atomic E-state index is 14.3. The van der Waals surface area contributed by atoms with Gasteiger partial charge in [0.2, 0.25) is 0 Å². The molecular weight excluding hydrogens is 1300 g/mol. The second kappa shape index (κ2) is 85.7. The van der Waals surface area contributed by atoms with Gasteiger partial charge in [-0.1, -0.05) is 352 Å². The van der Waals surface area contributed by atoms with Crippen LogP contribution in [0, 0.1) is 0 Å². The zero-order valence-electron chi connectivity index (χ0n) is 70.0. The first-order chi connectivity index (χ1) is 51.7. The van der Waals surface area contributed by atoms with Crippen molar-refractivity contribution < 1.29 is 47.7 Å². The van der Waals surface area contributed by atoms with Gasteiger partial charge in [-0.05, 0) is 161 Å². The highest BCUT2D eigenvalue weighted by molar-refractivity contribution is 5.72. The highest BCUT2D eigenvalue weighted by Gasteiger charge is 2.40. The van der Waals surface area contributed by atoms with Crippen molar-refractivity contribution in [2.45, 2.75) is 502 Å². The molecule has 0 aromatic carbocycles. The average molecular weight is 1470 g/mol. The number of carbonyl (C=O) groups excluding carboxylic acids is 5. The van der Waals surface area contributed by atoms with Crippen molar-refractivity contribution in [1.29, 1.82) is 0 Å². The number of ether oxygens (including phenoxy) is 5. The molecule has 0 spiro atoms. The van der Waals surface area contributed by atoms with Gasteiger partial charge < -0.3 is 23.7 Å². The molecule has 612 valence electrons. The van der Waals surface area contributed by atoms with E-state index >= 15 is 0 Å². The van der Waals surface area contributed by atoms with Gasteiger partial charge in [-0.25, -0.2) is 0 Å². The van der Waals surface area contributed by atoms with Crippen LogP contribution in [-0.2, 0) is 47.7 Å². The van der Waals surface area contributed by atoms with Crippen molar-refractivity contribution in [3.8, 4) is 0 Å². The Hall–Kier alpha value is -3.95. The largest absolute Gasteiger partial charge is 0.462 e. The maximum Gasteiger partial charge on any atom is 0.306 e. The molecule has 10 nitrogen and oxygen atoms in total. The van der Waals surface area contributed by atoms with E-state index in [4.69, 9.17) is 23.7 Å². The molecule has 0 rings (SSSR count). The number of allylic oxidation sites excluding steroid dienone is 10. The van der Waals surface area contributed by atoms with Crippen molar-refractivity contribution in [1.82, 2.24) is 0 Å². The predicted molar refractivity (Wildman–Crippen MR) is 449 cm³/mol. The summed E-state index contributed by atoms with van der Waals surface area (Å²) in [7, 11) is 0. The SMILES string of the molecule is CCCCCCCC/C=C\CCCCCCCC(=O)OC[C@H](OC(=O)CCCCCCC/C=C\CCCCCCCC)C(OC(=O)CCCCCCC/C=C\CCCCCCCC)[C@@H](COC(=O)CCCCCCC/C=C\CCCCCCCC)OC(=O)CCCCCCC/C=C\CCCCCCCC. The Morgan fingerprint density at radius 1 is 0.190 bits per heavy atom. The predicted octanol–water partition coefficient (Wildman–Crippen LogP) is 30.0. The molecule has 0 heterocycles. The van der Waals surface area contributed by atoms with Crippen molar-refractivity contribution >= 4 is 29.8 Å². The Labute approximate surface area is 650 Å². The summed E-state index contributed by atoms with van der Waals surface area (Å²) in [4.78, 5) is 70.1. The van der Waals surface area contributed by atoms with E-state index in [-0.39, 0.29) is 32.1 Å². The van der Waals surface area contributed by atoms with Crippen LogP contribution >= 0.6 is 0 Å². The Morgan fingerprint density at radius 3 is 0.533 bits per heavy atom. The molecule has 10 heteroatoms. The third kappa shape index (κ3) is 78.0. The van der Waals surface area contributed by atoms with E-state index in [1.165, 1.54) is 193 Å². The van der Waals surface area contributed by atoms with Gasteiger partial charge in [-0.15, -0.1) is 0 Å². The summed E-state index contributed by atoms with van der Waals surface area (Å²) in [5, 5.41) is 0. The number of carbonyl (C=O) groups is 5. The van der Waals surface area contributed by atoms with Gasteiger partial charge in [0.15, 0.2) is 18.3 Å². The van der Waals surface area contributed by atoms with Crippen LogP contribution in [0.25, 0.3) is 0 Å². The topological polar surface area (TPSA) is 132 Å². The molecule has 0 aromatic heterocycles. The van der Waals surface area contributed by atoms with Gasteiger partial charge in [-0.2, -0.15) is 0 Å². The lowest BCUT2D eigenvalue weighted by molar-refractivity contribution is -0.197. The van der Waals surface area contributed by atoms with Crippen LogP contribution < -0.4 is 0 Å². The molecular formula is C95H172O10. The molecule has 0 amide bonds. The summed E-state index contributed by atoms with van der Waals surface area (Å²) >= 11 is 0. The monoisotopic (exact) mass is 1470 g/mol. The van der Waals surface area contributed by atoms with Gasteiger partial charge in [0.1, 0.15) is 13.2 Å². The van der Waals surface area contributed by atoms with E-state index in [2.05, 4.69) is 95.4 Å². The third-order valence-electron chi connectivity index (χ3n) is 20.6. The highest BCUT2D eigenvalue weighted by Crippen LogP contribution is 2.23. The van der Waals surface area contributed by atoms with Crippen LogP contribution in [0.5, 0.6) is 0 Å². The lowest BCUT2D eigenvalue weighted by Crippen LogP contribution is -2.50. The van der Waals surface area contributed by atoms with Crippen LogP contribution in [0.4, 0.5) is 0 Å². The van der Waals surface area contributed by atoms with Crippen LogP contribution in [0.1, 0.15) is 484 Å². The Kier molecular flexibility index (Phi) is 82.4. The second-order valence-corrected chi connectivity index (χ2v) is 31.0. The molecule has 0 radical (unpaired) electrons. The maximum atomic E-state index is 14.3. The van der Waals surface area contributed by atoms with Crippen molar-refractivity contribution in [2.75, 3.05) is 13.2 Å². The van der Waals surface area contributed by atoms with E-state index in [9.17, 15) is 24.0 Å². The summed E-state index contributed by atoms with van der Waals surface area (Å²) < 4.78 is 31.0. The number of rotatable bonds is 84. The average Bonchev–Trinajstić information content (AvgIpc) is 0.848. The van der Waals surface area contributed by atoms with Gasteiger partial charge in [0.05, 0.1) is 0 Å². The number of unbranched alkanes of at least 4 members (excludes halogenated alkanes) is 55. The molecule has 0 aliphatic carbocycles. The molecule has 0 N–H and O–H groups in total. The zero-order valence-corrected chi connectivity index (χ0v) is 70.0. The molecule has 0 aromatic rings. The first-order valence-electron chi connectivity index (χ1n) is 45.9. The summed E-state index contributed by atoms with van der Waals surface area (Å²) in [5.41, 5.74) is 0. The molecule has 0 fully saturated rings. The normalized spacial score (nSPS) is 12.8. The standard InChI is InChI=1S/C95H172O10/c1-6-11-16-21-26-31-36-41-46-51-56-61-66-71-76-81-90(96)101-86-88(103-92(98)83-78-73-68-63-58-53-48-43-38-33-28-23-18-13-8-3)95(105-94(100)85-80-75-70-65-60-55-50-45-40-35-30-25-20-15-10-5)89(104-93(99)84-79-74-69-64-59-54-49-44-39-34-29-24-19-14-9-4)87-102-91(97)82-77-72-67-62-57-52-47-42-37-32-27-22-17-12-7-2/h41-50,88-89,95H,6-40,51-87H2,1-5H3/b46-41-,47-42-,48-43-,49-44-,50-45-/t88-,89+,95?. The lowest BCUT2D eigenvalue weighted by Gasteiger charge is -2.32. The molecule has 3 atom stereocenters.